The summed E-state index contributed by atoms with van der Waals surface area (Å²) in [6.07, 6.45) is 0. The van der Waals surface area contributed by atoms with Crippen LogP contribution in [0.15, 0.2) is 243 Å². The van der Waals surface area contributed by atoms with E-state index in [2.05, 4.69) is 252 Å². The normalized spacial score (nSPS) is 11.1. The summed E-state index contributed by atoms with van der Waals surface area (Å²) in [6.45, 7) is 0. The van der Waals surface area contributed by atoms with Gasteiger partial charge in [-0.1, -0.05) is 176 Å². The molecule has 10 rings (SSSR count). The molecule has 0 aliphatic carbocycles. The molecular formula is C56H40N2. The number of anilines is 6. The van der Waals surface area contributed by atoms with Crippen molar-refractivity contribution in [3.05, 3.63) is 243 Å². The third-order valence-electron chi connectivity index (χ3n) is 11.0. The summed E-state index contributed by atoms with van der Waals surface area (Å²) in [5.74, 6) is 0. The number of benzene rings is 10. The molecule has 0 bridgehead atoms. The van der Waals surface area contributed by atoms with Gasteiger partial charge in [0.25, 0.3) is 0 Å². The second-order valence-electron chi connectivity index (χ2n) is 14.6. The van der Waals surface area contributed by atoms with Crippen LogP contribution in [0, 0.1) is 0 Å². The van der Waals surface area contributed by atoms with Crippen molar-refractivity contribution >= 4 is 55.7 Å². The van der Waals surface area contributed by atoms with Crippen molar-refractivity contribution in [3.8, 4) is 33.4 Å². The minimum absolute atomic E-state index is 1.07. The lowest BCUT2D eigenvalue weighted by atomic mass is 9.93. The molecule has 0 unspecified atom stereocenters. The molecule has 0 aromatic heterocycles. The monoisotopic (exact) mass is 740 g/mol. The molecule has 0 amide bonds. The molecule has 2 nitrogen and oxygen atoms in total. The lowest BCUT2D eigenvalue weighted by Gasteiger charge is -2.29. The molecule has 274 valence electrons. The van der Waals surface area contributed by atoms with Crippen LogP contribution in [-0.4, -0.2) is 0 Å². The van der Waals surface area contributed by atoms with Gasteiger partial charge in [0.1, 0.15) is 0 Å². The fourth-order valence-electron chi connectivity index (χ4n) is 8.26. The van der Waals surface area contributed by atoms with Gasteiger partial charge in [0.2, 0.25) is 0 Å². The van der Waals surface area contributed by atoms with E-state index in [9.17, 15) is 0 Å². The van der Waals surface area contributed by atoms with Crippen molar-refractivity contribution < 1.29 is 0 Å². The molecule has 0 N–H and O–H groups in total. The minimum Gasteiger partial charge on any atom is -0.311 e. The van der Waals surface area contributed by atoms with Crippen molar-refractivity contribution in [2.45, 2.75) is 0 Å². The summed E-state index contributed by atoms with van der Waals surface area (Å²) in [6, 6.07) is 87.2. The maximum atomic E-state index is 2.41. The van der Waals surface area contributed by atoms with E-state index >= 15 is 0 Å². The number of hydrogen-bond acceptors (Lipinski definition) is 2. The standard InChI is InChI=1S/C56H40N2/c1-4-16-41(17-5-1)42-30-32-43(33-31-42)45-20-14-25-50(40-45)58(49-36-34-48(35-37-49)57(46-21-6-2-7-22-46)47-23-8-3-9-24-47)56-39-38-54(53-27-12-13-28-55(53)56)52-29-15-19-44-18-10-11-26-51(44)52/h1-40H. The SMILES string of the molecule is c1ccc(-c2ccc(-c3cccc(N(c4ccc(N(c5ccccc5)c5ccccc5)cc4)c4ccc(-c5cccc6ccccc56)c5ccccc45)c3)cc2)cc1. The van der Waals surface area contributed by atoms with Crippen LogP contribution in [0.5, 0.6) is 0 Å². The van der Waals surface area contributed by atoms with E-state index in [4.69, 9.17) is 0 Å². The lowest BCUT2D eigenvalue weighted by Crippen LogP contribution is -2.12. The smallest absolute Gasteiger partial charge is 0.0540 e. The maximum absolute atomic E-state index is 2.41. The molecule has 2 heteroatoms. The lowest BCUT2D eigenvalue weighted by molar-refractivity contribution is 1.26. The van der Waals surface area contributed by atoms with E-state index in [1.54, 1.807) is 0 Å². The molecule has 58 heavy (non-hydrogen) atoms. The van der Waals surface area contributed by atoms with Gasteiger partial charge in [-0.3, -0.25) is 0 Å². The van der Waals surface area contributed by atoms with E-state index in [0.29, 0.717) is 0 Å². The third-order valence-corrected chi connectivity index (χ3v) is 11.0. The van der Waals surface area contributed by atoms with E-state index in [-0.39, 0.29) is 0 Å². The van der Waals surface area contributed by atoms with Crippen LogP contribution in [0.1, 0.15) is 0 Å². The summed E-state index contributed by atoms with van der Waals surface area (Å²) in [5.41, 5.74) is 13.8. The Kier molecular flexibility index (Phi) is 9.27. The zero-order valence-electron chi connectivity index (χ0n) is 32.0. The highest BCUT2D eigenvalue weighted by Gasteiger charge is 2.20. The van der Waals surface area contributed by atoms with Gasteiger partial charge in [0, 0.05) is 33.8 Å². The molecule has 0 fully saturated rings. The first-order valence-electron chi connectivity index (χ1n) is 19.8. The van der Waals surface area contributed by atoms with Gasteiger partial charge >= 0.3 is 0 Å². The van der Waals surface area contributed by atoms with Crippen molar-refractivity contribution in [1.29, 1.82) is 0 Å². The number of fused-ring (bicyclic) bond motifs is 2. The maximum Gasteiger partial charge on any atom is 0.0540 e. The number of nitrogens with zero attached hydrogens (tertiary/aromatic N) is 2. The second kappa shape index (κ2) is 15.5. The van der Waals surface area contributed by atoms with Gasteiger partial charge in [-0.25, -0.2) is 0 Å². The topological polar surface area (TPSA) is 6.48 Å². The van der Waals surface area contributed by atoms with Crippen molar-refractivity contribution in [2.75, 3.05) is 9.80 Å². The summed E-state index contributed by atoms with van der Waals surface area (Å²) < 4.78 is 0. The minimum atomic E-state index is 1.07. The molecule has 0 spiro atoms. The quantitative estimate of drug-likeness (QED) is 0.145. The first kappa shape index (κ1) is 34.8. The third kappa shape index (κ3) is 6.67. The Labute approximate surface area is 340 Å². The van der Waals surface area contributed by atoms with Gasteiger partial charge in [-0.2, -0.15) is 0 Å². The van der Waals surface area contributed by atoms with Crippen LogP contribution in [0.2, 0.25) is 0 Å². The number of rotatable bonds is 9. The van der Waals surface area contributed by atoms with Gasteiger partial charge in [-0.15, -0.1) is 0 Å². The predicted molar refractivity (Wildman–Crippen MR) is 247 cm³/mol. The van der Waals surface area contributed by atoms with Gasteiger partial charge in [-0.05, 0) is 116 Å². The van der Waals surface area contributed by atoms with Crippen LogP contribution in [0.3, 0.4) is 0 Å². The zero-order chi connectivity index (χ0) is 38.7. The summed E-state index contributed by atoms with van der Waals surface area (Å²) in [4.78, 5) is 4.72. The van der Waals surface area contributed by atoms with Crippen LogP contribution < -0.4 is 9.80 Å². The van der Waals surface area contributed by atoms with Crippen LogP contribution in [0.25, 0.3) is 54.9 Å². The van der Waals surface area contributed by atoms with Crippen LogP contribution >= 0.6 is 0 Å². The summed E-state index contributed by atoms with van der Waals surface area (Å²) >= 11 is 0. The molecule has 0 aliphatic heterocycles. The summed E-state index contributed by atoms with van der Waals surface area (Å²) in [7, 11) is 0. The van der Waals surface area contributed by atoms with Gasteiger partial charge in [0.15, 0.2) is 0 Å². The highest BCUT2D eigenvalue weighted by molar-refractivity contribution is 6.10. The Morgan fingerprint density at radius 3 is 1.33 bits per heavy atom. The average molecular weight is 741 g/mol. The van der Waals surface area contributed by atoms with E-state index in [0.717, 1.165) is 39.7 Å². The summed E-state index contributed by atoms with van der Waals surface area (Å²) in [5, 5.41) is 4.89. The van der Waals surface area contributed by atoms with Crippen LogP contribution in [-0.2, 0) is 0 Å². The number of para-hydroxylation sites is 2. The average Bonchev–Trinajstić information content (AvgIpc) is 3.31. The Morgan fingerprint density at radius 1 is 0.224 bits per heavy atom. The molecule has 0 heterocycles. The van der Waals surface area contributed by atoms with E-state index < -0.39 is 0 Å². The van der Waals surface area contributed by atoms with Gasteiger partial charge < -0.3 is 9.80 Å². The van der Waals surface area contributed by atoms with Crippen molar-refractivity contribution in [3.63, 3.8) is 0 Å². The van der Waals surface area contributed by atoms with Crippen molar-refractivity contribution in [1.82, 2.24) is 0 Å². The first-order valence-corrected chi connectivity index (χ1v) is 19.8. The molecule has 0 atom stereocenters. The van der Waals surface area contributed by atoms with Gasteiger partial charge in [0.05, 0.1) is 5.69 Å². The molecule has 10 aromatic carbocycles. The Morgan fingerprint density at radius 2 is 0.655 bits per heavy atom. The molecule has 0 aliphatic rings. The highest BCUT2D eigenvalue weighted by Crippen LogP contribution is 2.45. The fraction of sp³-hybridized carbons (Fsp3) is 0. The van der Waals surface area contributed by atoms with Crippen molar-refractivity contribution in [2.24, 2.45) is 0 Å². The molecule has 10 aromatic rings. The second-order valence-corrected chi connectivity index (χ2v) is 14.6. The fourth-order valence-corrected chi connectivity index (χ4v) is 8.26. The molecular weight excluding hydrogens is 701 g/mol. The Hall–Kier alpha value is -7.68. The van der Waals surface area contributed by atoms with E-state index in [1.165, 1.54) is 49.4 Å². The largest absolute Gasteiger partial charge is 0.311 e. The molecule has 0 saturated carbocycles. The predicted octanol–water partition coefficient (Wildman–Crippen LogP) is 15.9. The number of hydrogen-bond donors (Lipinski definition) is 0. The van der Waals surface area contributed by atoms with E-state index in [1.807, 2.05) is 0 Å². The Balaban J connectivity index is 1.12. The molecule has 0 saturated heterocycles. The van der Waals surface area contributed by atoms with Crippen LogP contribution in [0.4, 0.5) is 34.1 Å². The Bertz CT molecular complexity index is 2930. The zero-order valence-corrected chi connectivity index (χ0v) is 32.0. The first-order chi connectivity index (χ1) is 28.8. The highest BCUT2D eigenvalue weighted by atomic mass is 15.2. The molecule has 0 radical (unpaired) electrons.